The van der Waals surface area contributed by atoms with Crippen LogP contribution in [0.2, 0.25) is 0 Å². The quantitative estimate of drug-likeness (QED) is 0.188. The highest BCUT2D eigenvalue weighted by atomic mass is 16.7. The van der Waals surface area contributed by atoms with Crippen LogP contribution in [0.1, 0.15) is 6.92 Å². The van der Waals surface area contributed by atoms with Gasteiger partial charge in [-0.05, 0) is 0 Å². The molecule has 1 amide bonds. The average molecular weight is 423 g/mol. The third-order valence-electron chi connectivity index (χ3n) is 4.74. The van der Waals surface area contributed by atoms with Crippen molar-refractivity contribution in [3.05, 3.63) is 12.7 Å². The van der Waals surface area contributed by atoms with E-state index >= 15 is 0 Å². The lowest BCUT2D eigenvalue weighted by Gasteiger charge is -2.47. The number of amides is 1. The molecule has 0 aromatic heterocycles. The number of carbonyl (C=O) groups excluding carboxylic acids is 1. The molecule has 0 radical (unpaired) electrons. The first-order valence-electron chi connectivity index (χ1n) is 9.15. The molecule has 0 aromatic carbocycles. The van der Waals surface area contributed by atoms with E-state index in [1.165, 1.54) is 13.0 Å². The normalized spacial score (nSPS) is 43.0. The Hall–Kier alpha value is -1.19. The molecule has 2 saturated heterocycles. The second kappa shape index (κ2) is 10.7. The van der Waals surface area contributed by atoms with Crippen molar-refractivity contribution in [3.8, 4) is 0 Å². The third kappa shape index (κ3) is 5.49. The predicted octanol–water partition coefficient (Wildman–Crippen LogP) is -4.04. The number of hydrogen-bond donors (Lipinski definition) is 7. The molecule has 10 atom stereocenters. The van der Waals surface area contributed by atoms with Crippen LogP contribution in [-0.2, 0) is 23.7 Å². The van der Waals surface area contributed by atoms with Crippen molar-refractivity contribution < 1.29 is 54.4 Å². The zero-order valence-electron chi connectivity index (χ0n) is 15.9. The maximum absolute atomic E-state index is 11.5. The second-order valence-electron chi connectivity index (χ2n) is 6.86. The molecule has 12 nitrogen and oxygen atoms in total. The van der Waals surface area contributed by atoms with Gasteiger partial charge in [0.05, 0.1) is 19.8 Å². The maximum Gasteiger partial charge on any atom is 0.217 e. The molecule has 7 N–H and O–H groups in total. The fourth-order valence-electron chi connectivity index (χ4n) is 3.26. The van der Waals surface area contributed by atoms with Gasteiger partial charge in [0, 0.05) is 6.92 Å². The average Bonchev–Trinajstić information content (AvgIpc) is 2.69. The van der Waals surface area contributed by atoms with E-state index in [0.717, 1.165) is 0 Å². The summed E-state index contributed by atoms with van der Waals surface area (Å²) in [6, 6.07) is -1.27. The van der Waals surface area contributed by atoms with Crippen LogP contribution in [0.4, 0.5) is 0 Å². The van der Waals surface area contributed by atoms with E-state index in [1.54, 1.807) is 0 Å². The molecule has 12 heteroatoms. The Morgan fingerprint density at radius 1 is 1.00 bits per heavy atom. The van der Waals surface area contributed by atoms with Crippen molar-refractivity contribution in [3.63, 3.8) is 0 Å². The minimum atomic E-state index is -1.56. The SMILES string of the molecule is C=CCO[C@H]1O[C@H](CO)[C@H](O)[C@H](O[C@@H]2O[C@H](CO)[C@@H](O)[C@H](O)[C@@H]2NC(C)=O)[C@H]1O. The maximum atomic E-state index is 11.5. The summed E-state index contributed by atoms with van der Waals surface area (Å²) >= 11 is 0. The monoisotopic (exact) mass is 423 g/mol. The van der Waals surface area contributed by atoms with E-state index in [-0.39, 0.29) is 6.61 Å². The minimum Gasteiger partial charge on any atom is -0.394 e. The lowest BCUT2D eigenvalue weighted by molar-refractivity contribution is -0.346. The number of aliphatic hydroxyl groups is 6. The van der Waals surface area contributed by atoms with Gasteiger partial charge in [0.25, 0.3) is 0 Å². The van der Waals surface area contributed by atoms with Gasteiger partial charge in [0.2, 0.25) is 5.91 Å². The topological polar surface area (TPSA) is 187 Å². The third-order valence-corrected chi connectivity index (χ3v) is 4.74. The van der Waals surface area contributed by atoms with Crippen LogP contribution in [0.25, 0.3) is 0 Å². The predicted molar refractivity (Wildman–Crippen MR) is 94.1 cm³/mol. The Labute approximate surface area is 167 Å². The van der Waals surface area contributed by atoms with E-state index in [0.29, 0.717) is 0 Å². The lowest BCUT2D eigenvalue weighted by Crippen LogP contribution is -2.67. The van der Waals surface area contributed by atoms with Gasteiger partial charge in [0.15, 0.2) is 12.6 Å². The van der Waals surface area contributed by atoms with Crippen LogP contribution in [-0.4, -0.2) is 118 Å². The summed E-state index contributed by atoms with van der Waals surface area (Å²) in [4.78, 5) is 11.5. The molecular formula is C17H29NO11. The summed E-state index contributed by atoms with van der Waals surface area (Å²) in [5.41, 5.74) is 0. The molecular weight excluding hydrogens is 394 g/mol. The number of ether oxygens (including phenoxy) is 4. The van der Waals surface area contributed by atoms with Crippen LogP contribution in [0.5, 0.6) is 0 Å². The number of hydrogen-bond acceptors (Lipinski definition) is 11. The van der Waals surface area contributed by atoms with Crippen LogP contribution in [0, 0.1) is 0 Å². The van der Waals surface area contributed by atoms with E-state index in [1.807, 2.05) is 0 Å². The molecule has 0 spiro atoms. The molecule has 2 rings (SSSR count). The molecule has 0 bridgehead atoms. The fourth-order valence-corrected chi connectivity index (χ4v) is 3.26. The highest BCUT2D eigenvalue weighted by Crippen LogP contribution is 2.29. The number of nitrogens with one attached hydrogen (secondary N) is 1. The van der Waals surface area contributed by atoms with Gasteiger partial charge in [-0.2, -0.15) is 0 Å². The van der Waals surface area contributed by atoms with Crippen molar-refractivity contribution in [1.82, 2.24) is 5.32 Å². The van der Waals surface area contributed by atoms with E-state index in [9.17, 15) is 35.4 Å². The van der Waals surface area contributed by atoms with Crippen molar-refractivity contribution in [2.75, 3.05) is 19.8 Å². The first-order chi connectivity index (χ1) is 13.7. The summed E-state index contributed by atoms with van der Waals surface area (Å²) in [6.45, 7) is 3.40. The molecule has 2 fully saturated rings. The zero-order chi connectivity index (χ0) is 21.7. The van der Waals surface area contributed by atoms with E-state index in [4.69, 9.17) is 18.9 Å². The standard InChI is InChI=1S/C17H29NO11/c1-3-4-26-17-14(25)15(12(23)9(6-20)28-17)29-16-10(18-7(2)21)13(24)11(22)8(5-19)27-16/h3,8-17,19-20,22-25H,1,4-6H2,2H3,(H,18,21)/t8-,9-,10+,11-,12+,13-,14-,15+,16+,17+/m1/s1. The van der Waals surface area contributed by atoms with Crippen molar-refractivity contribution in [2.45, 2.75) is 68.3 Å². The van der Waals surface area contributed by atoms with Gasteiger partial charge in [-0.25, -0.2) is 0 Å². The Morgan fingerprint density at radius 3 is 2.14 bits per heavy atom. The molecule has 2 heterocycles. The van der Waals surface area contributed by atoms with Gasteiger partial charge in [-0.3, -0.25) is 4.79 Å². The highest BCUT2D eigenvalue weighted by molar-refractivity contribution is 5.73. The first kappa shape index (κ1) is 24.1. The smallest absolute Gasteiger partial charge is 0.217 e. The molecule has 168 valence electrons. The molecule has 0 unspecified atom stereocenters. The summed E-state index contributed by atoms with van der Waals surface area (Å²) in [6.07, 6.45) is -11.3. The van der Waals surface area contributed by atoms with Crippen LogP contribution >= 0.6 is 0 Å². The summed E-state index contributed by atoms with van der Waals surface area (Å²) in [7, 11) is 0. The van der Waals surface area contributed by atoms with Gasteiger partial charge in [0.1, 0.15) is 48.8 Å². The molecule has 0 aromatic rings. The van der Waals surface area contributed by atoms with E-state index < -0.39 is 80.5 Å². The summed E-state index contributed by atoms with van der Waals surface area (Å²) in [5, 5.41) is 62.5. The van der Waals surface area contributed by atoms with E-state index in [2.05, 4.69) is 11.9 Å². The van der Waals surface area contributed by atoms with Gasteiger partial charge in [-0.1, -0.05) is 6.08 Å². The summed E-state index contributed by atoms with van der Waals surface area (Å²) in [5.74, 6) is -0.561. The molecule has 2 aliphatic rings. The Bertz CT molecular complexity index is 549. The molecule has 0 saturated carbocycles. The Balaban J connectivity index is 2.24. The number of carbonyl (C=O) groups is 1. The Morgan fingerprint density at radius 2 is 1.59 bits per heavy atom. The minimum absolute atomic E-state index is 0.00856. The fraction of sp³-hybridized carbons (Fsp3) is 0.824. The largest absolute Gasteiger partial charge is 0.394 e. The van der Waals surface area contributed by atoms with Crippen molar-refractivity contribution in [2.24, 2.45) is 0 Å². The van der Waals surface area contributed by atoms with Crippen molar-refractivity contribution in [1.29, 1.82) is 0 Å². The number of aliphatic hydroxyl groups excluding tert-OH is 6. The van der Waals surface area contributed by atoms with Gasteiger partial charge < -0.3 is 54.9 Å². The van der Waals surface area contributed by atoms with Crippen molar-refractivity contribution >= 4 is 5.91 Å². The second-order valence-corrected chi connectivity index (χ2v) is 6.86. The summed E-state index contributed by atoms with van der Waals surface area (Å²) < 4.78 is 21.7. The number of rotatable bonds is 8. The van der Waals surface area contributed by atoms with Gasteiger partial charge in [-0.15, -0.1) is 6.58 Å². The Kier molecular flexibility index (Phi) is 8.91. The van der Waals surface area contributed by atoms with Gasteiger partial charge >= 0.3 is 0 Å². The lowest BCUT2D eigenvalue weighted by atomic mass is 9.95. The molecule has 2 aliphatic heterocycles. The zero-order valence-corrected chi connectivity index (χ0v) is 15.9. The van der Waals surface area contributed by atoms with Crippen LogP contribution in [0.3, 0.4) is 0 Å². The highest BCUT2D eigenvalue weighted by Gasteiger charge is 2.51. The molecule has 29 heavy (non-hydrogen) atoms. The first-order valence-corrected chi connectivity index (χ1v) is 9.15. The van der Waals surface area contributed by atoms with Crippen LogP contribution in [0.15, 0.2) is 12.7 Å². The van der Waals surface area contributed by atoms with Crippen LogP contribution < -0.4 is 5.32 Å². The molecule has 0 aliphatic carbocycles.